The van der Waals surface area contributed by atoms with Crippen LogP contribution in [0, 0.1) is 11.8 Å². The van der Waals surface area contributed by atoms with Crippen LogP contribution in [0.1, 0.15) is 38.2 Å². The van der Waals surface area contributed by atoms with Crippen molar-refractivity contribution in [2.75, 3.05) is 13.1 Å². The molecule has 1 heteroatoms. The van der Waals surface area contributed by atoms with Crippen LogP contribution in [-0.4, -0.2) is 18.0 Å². The van der Waals surface area contributed by atoms with Crippen molar-refractivity contribution in [3.63, 3.8) is 0 Å². The third-order valence-electron chi connectivity index (χ3n) is 2.97. The Labute approximate surface area is 118 Å². The van der Waals surface area contributed by atoms with Gasteiger partial charge in [0, 0.05) is 19.5 Å². The topological polar surface area (TPSA) is 3.24 Å². The first-order chi connectivity index (χ1) is 9.36. The number of hydrogen-bond donors (Lipinski definition) is 0. The van der Waals surface area contributed by atoms with E-state index in [2.05, 4.69) is 60.6 Å². The zero-order valence-electron chi connectivity index (χ0n) is 12.1. The number of unbranched alkanes of at least 4 members (excludes halogenated alkanes) is 3. The van der Waals surface area contributed by atoms with Gasteiger partial charge in [0.25, 0.3) is 0 Å². The predicted molar refractivity (Wildman–Crippen MR) is 83.8 cm³/mol. The molecule has 19 heavy (non-hydrogen) atoms. The van der Waals surface area contributed by atoms with Gasteiger partial charge in [-0.25, -0.2) is 0 Å². The van der Waals surface area contributed by atoms with Crippen molar-refractivity contribution in [2.24, 2.45) is 0 Å². The lowest BCUT2D eigenvalue weighted by Gasteiger charge is -2.17. The van der Waals surface area contributed by atoms with E-state index in [1.165, 1.54) is 24.8 Å². The third kappa shape index (κ3) is 7.49. The number of rotatable bonds is 8. The molecule has 0 spiro atoms. The van der Waals surface area contributed by atoms with Crippen molar-refractivity contribution < 1.29 is 0 Å². The Balaban J connectivity index is 2.38. The van der Waals surface area contributed by atoms with Crippen LogP contribution in [-0.2, 0) is 6.54 Å². The quantitative estimate of drug-likeness (QED) is 0.381. The average molecular weight is 255 g/mol. The monoisotopic (exact) mass is 255 g/mol. The van der Waals surface area contributed by atoms with Crippen LogP contribution in [0.4, 0.5) is 0 Å². The second-order valence-corrected chi connectivity index (χ2v) is 4.75. The van der Waals surface area contributed by atoms with Gasteiger partial charge in [-0.15, -0.1) is 12.5 Å². The maximum absolute atomic E-state index is 3.82. The Kier molecular flexibility index (Phi) is 8.51. The Morgan fingerprint density at radius 1 is 1.16 bits per heavy atom. The fourth-order valence-corrected chi connectivity index (χ4v) is 1.93. The zero-order valence-corrected chi connectivity index (χ0v) is 12.1. The molecule has 0 aliphatic rings. The van der Waals surface area contributed by atoms with Crippen LogP contribution < -0.4 is 0 Å². The largest absolute Gasteiger partial charge is 0.284 e. The van der Waals surface area contributed by atoms with Crippen molar-refractivity contribution in [2.45, 2.75) is 39.2 Å². The summed E-state index contributed by atoms with van der Waals surface area (Å²) in [4.78, 5) is 2.31. The van der Waals surface area contributed by atoms with Gasteiger partial charge in [0.2, 0.25) is 0 Å². The van der Waals surface area contributed by atoms with Crippen molar-refractivity contribution in [1.82, 2.24) is 4.90 Å². The summed E-state index contributed by atoms with van der Waals surface area (Å²) >= 11 is 0. The minimum atomic E-state index is 0.826. The first-order valence-corrected chi connectivity index (χ1v) is 7.19. The van der Waals surface area contributed by atoms with Gasteiger partial charge in [-0.3, -0.25) is 4.90 Å². The van der Waals surface area contributed by atoms with E-state index in [1.807, 2.05) is 6.08 Å². The minimum Gasteiger partial charge on any atom is -0.284 e. The molecule has 1 rings (SSSR count). The van der Waals surface area contributed by atoms with E-state index in [1.54, 1.807) is 0 Å². The molecule has 1 aromatic rings. The highest BCUT2D eigenvalue weighted by Crippen LogP contribution is 2.04. The molecule has 0 radical (unpaired) electrons. The molecule has 102 valence electrons. The summed E-state index contributed by atoms with van der Waals surface area (Å²) in [6.07, 6.45) is 6.75. The first kappa shape index (κ1) is 15.5. The first-order valence-electron chi connectivity index (χ1n) is 7.19. The van der Waals surface area contributed by atoms with E-state index >= 15 is 0 Å². The Morgan fingerprint density at radius 2 is 1.95 bits per heavy atom. The van der Waals surface area contributed by atoms with Gasteiger partial charge < -0.3 is 0 Å². The fraction of sp³-hybridized carbons (Fsp3) is 0.444. The molecule has 0 atom stereocenters. The highest BCUT2D eigenvalue weighted by atomic mass is 15.1. The molecule has 0 saturated carbocycles. The molecule has 1 aromatic carbocycles. The van der Waals surface area contributed by atoms with E-state index in [0.717, 1.165) is 26.1 Å². The summed E-state index contributed by atoms with van der Waals surface area (Å²) < 4.78 is 0. The second-order valence-electron chi connectivity index (χ2n) is 4.75. The molecule has 1 nitrogen and oxygen atoms in total. The van der Waals surface area contributed by atoms with Crippen LogP contribution >= 0.6 is 0 Å². The Hall–Kier alpha value is -1.52. The molecule has 0 amide bonds. The van der Waals surface area contributed by atoms with Crippen LogP contribution in [0.5, 0.6) is 0 Å². The van der Waals surface area contributed by atoms with E-state index in [9.17, 15) is 0 Å². The van der Waals surface area contributed by atoms with E-state index in [-0.39, 0.29) is 0 Å². The molecule has 0 aliphatic carbocycles. The van der Waals surface area contributed by atoms with E-state index in [4.69, 9.17) is 0 Å². The van der Waals surface area contributed by atoms with Gasteiger partial charge >= 0.3 is 0 Å². The highest BCUT2D eigenvalue weighted by Gasteiger charge is 2.01. The summed E-state index contributed by atoms with van der Waals surface area (Å²) in [5, 5.41) is 0. The molecule has 0 unspecified atom stereocenters. The Morgan fingerprint density at radius 3 is 2.63 bits per heavy atom. The molecule has 0 fully saturated rings. The molecule has 0 N–H and O–H groups in total. The van der Waals surface area contributed by atoms with Crippen molar-refractivity contribution in [1.29, 1.82) is 0 Å². The maximum Gasteiger partial charge on any atom is 0.0607 e. The lowest BCUT2D eigenvalue weighted by molar-refractivity contribution is 0.332. The molecule has 0 bridgehead atoms. The van der Waals surface area contributed by atoms with E-state index in [0.29, 0.717) is 0 Å². The van der Waals surface area contributed by atoms with Crippen LogP contribution in [0.25, 0.3) is 0 Å². The summed E-state index contributed by atoms with van der Waals surface area (Å²) in [7, 11) is 0. The summed E-state index contributed by atoms with van der Waals surface area (Å²) in [6, 6.07) is 10.5. The van der Waals surface area contributed by atoms with Gasteiger partial charge in [-0.1, -0.05) is 62.1 Å². The summed E-state index contributed by atoms with van der Waals surface area (Å²) in [5.41, 5.74) is 1.33. The van der Waals surface area contributed by atoms with Crippen molar-refractivity contribution >= 4 is 0 Å². The van der Waals surface area contributed by atoms with Crippen molar-refractivity contribution in [3.8, 4) is 11.8 Å². The highest BCUT2D eigenvalue weighted by molar-refractivity contribution is 5.15. The lowest BCUT2D eigenvalue weighted by atomic mass is 10.2. The number of benzene rings is 1. The molecular weight excluding hydrogens is 230 g/mol. The fourth-order valence-electron chi connectivity index (χ4n) is 1.93. The van der Waals surface area contributed by atoms with Gasteiger partial charge in [-0.05, 0) is 12.0 Å². The maximum atomic E-state index is 3.82. The van der Waals surface area contributed by atoms with Gasteiger partial charge in [0.15, 0.2) is 0 Å². The molecule has 0 heterocycles. The predicted octanol–water partition coefficient (Wildman–Crippen LogP) is 4.26. The zero-order chi connectivity index (χ0) is 13.8. The SMILES string of the molecule is C=CCN(CC#CCCCCC)Cc1ccccc1. The molecular formula is C18H25N. The normalized spacial score (nSPS) is 10.0. The summed E-state index contributed by atoms with van der Waals surface area (Å²) in [5.74, 6) is 6.55. The lowest BCUT2D eigenvalue weighted by Crippen LogP contribution is -2.23. The van der Waals surface area contributed by atoms with Gasteiger partial charge in [0.1, 0.15) is 0 Å². The summed E-state index contributed by atoms with van der Waals surface area (Å²) in [6.45, 7) is 8.70. The molecule has 0 aliphatic heterocycles. The van der Waals surface area contributed by atoms with E-state index < -0.39 is 0 Å². The number of hydrogen-bond acceptors (Lipinski definition) is 1. The third-order valence-corrected chi connectivity index (χ3v) is 2.97. The van der Waals surface area contributed by atoms with Crippen LogP contribution in [0.2, 0.25) is 0 Å². The molecule has 0 aromatic heterocycles. The Bertz CT molecular complexity index is 397. The number of nitrogens with zero attached hydrogens (tertiary/aromatic N) is 1. The smallest absolute Gasteiger partial charge is 0.0607 e. The average Bonchev–Trinajstić information content (AvgIpc) is 2.44. The van der Waals surface area contributed by atoms with Crippen LogP contribution in [0.3, 0.4) is 0 Å². The van der Waals surface area contributed by atoms with Gasteiger partial charge in [-0.2, -0.15) is 0 Å². The van der Waals surface area contributed by atoms with Crippen LogP contribution in [0.15, 0.2) is 43.0 Å². The molecule has 0 saturated heterocycles. The van der Waals surface area contributed by atoms with Gasteiger partial charge in [0.05, 0.1) is 6.54 Å². The van der Waals surface area contributed by atoms with Crippen molar-refractivity contribution in [3.05, 3.63) is 48.6 Å². The minimum absolute atomic E-state index is 0.826. The second kappa shape index (κ2) is 10.4. The standard InChI is InChI=1S/C18H25N/c1-3-5-6-7-8-12-16-19(15-4-2)17-18-13-10-9-11-14-18/h4,9-11,13-14H,2-3,5-7,15-17H2,1H3.